The van der Waals surface area contributed by atoms with Crippen LogP contribution in [0.4, 0.5) is 0 Å². The predicted octanol–water partition coefficient (Wildman–Crippen LogP) is 2.95. The van der Waals surface area contributed by atoms with Crippen molar-refractivity contribution in [2.75, 3.05) is 13.6 Å². The van der Waals surface area contributed by atoms with Gasteiger partial charge in [0, 0.05) is 25.3 Å². The first kappa shape index (κ1) is 15.5. The number of aromatic nitrogens is 2. The minimum atomic E-state index is 0.298. The SMILES string of the molecule is CCCn1cncc1C(CN)N(C)C1CCCCCC1. The lowest BCUT2D eigenvalue weighted by Gasteiger charge is -2.34. The maximum absolute atomic E-state index is 6.09. The summed E-state index contributed by atoms with van der Waals surface area (Å²) < 4.78 is 2.27. The first-order valence-corrected chi connectivity index (χ1v) is 8.20. The van der Waals surface area contributed by atoms with E-state index in [2.05, 4.69) is 28.4 Å². The fourth-order valence-corrected chi connectivity index (χ4v) is 3.45. The number of nitrogens with two attached hydrogens (primary N) is 1. The van der Waals surface area contributed by atoms with Crippen LogP contribution < -0.4 is 5.73 Å². The Morgan fingerprint density at radius 3 is 2.65 bits per heavy atom. The van der Waals surface area contributed by atoms with E-state index in [9.17, 15) is 0 Å². The molecule has 2 N–H and O–H groups in total. The van der Waals surface area contributed by atoms with Gasteiger partial charge in [-0.15, -0.1) is 0 Å². The van der Waals surface area contributed by atoms with Gasteiger partial charge < -0.3 is 10.3 Å². The number of hydrogen-bond acceptors (Lipinski definition) is 3. The highest BCUT2D eigenvalue weighted by Gasteiger charge is 2.26. The van der Waals surface area contributed by atoms with Crippen LogP contribution in [0, 0.1) is 0 Å². The molecule has 0 aliphatic heterocycles. The summed E-state index contributed by atoms with van der Waals surface area (Å²) in [4.78, 5) is 6.84. The molecule has 0 aromatic carbocycles. The zero-order valence-corrected chi connectivity index (χ0v) is 13.1. The number of aryl methyl sites for hydroxylation is 1. The fourth-order valence-electron chi connectivity index (χ4n) is 3.45. The molecule has 0 amide bonds. The molecule has 4 heteroatoms. The van der Waals surface area contributed by atoms with E-state index in [-0.39, 0.29) is 0 Å². The average molecular weight is 278 g/mol. The second kappa shape index (κ2) is 7.79. The third-order valence-electron chi connectivity index (χ3n) is 4.67. The van der Waals surface area contributed by atoms with Gasteiger partial charge in [0.25, 0.3) is 0 Å². The highest BCUT2D eigenvalue weighted by Crippen LogP contribution is 2.27. The molecule has 1 aliphatic rings. The zero-order valence-electron chi connectivity index (χ0n) is 13.1. The molecule has 0 radical (unpaired) electrons. The van der Waals surface area contributed by atoms with Gasteiger partial charge in [-0.25, -0.2) is 4.98 Å². The van der Waals surface area contributed by atoms with E-state index in [1.807, 2.05) is 12.5 Å². The Labute approximate surface area is 123 Å². The van der Waals surface area contributed by atoms with E-state index in [0.29, 0.717) is 18.6 Å². The van der Waals surface area contributed by atoms with Crippen molar-refractivity contribution in [3.8, 4) is 0 Å². The summed E-state index contributed by atoms with van der Waals surface area (Å²) >= 11 is 0. The van der Waals surface area contributed by atoms with E-state index in [1.165, 1.54) is 44.2 Å². The molecule has 20 heavy (non-hydrogen) atoms. The summed E-state index contributed by atoms with van der Waals surface area (Å²) in [5.74, 6) is 0. The highest BCUT2D eigenvalue weighted by molar-refractivity contribution is 5.07. The maximum atomic E-state index is 6.09. The van der Waals surface area contributed by atoms with E-state index < -0.39 is 0 Å². The van der Waals surface area contributed by atoms with Crippen LogP contribution in [-0.2, 0) is 6.54 Å². The van der Waals surface area contributed by atoms with Gasteiger partial charge in [0.1, 0.15) is 0 Å². The third-order valence-corrected chi connectivity index (χ3v) is 4.67. The molecule has 1 aromatic rings. The Kier molecular flexibility index (Phi) is 6.05. The molecule has 4 nitrogen and oxygen atoms in total. The van der Waals surface area contributed by atoms with Crippen LogP contribution in [0.3, 0.4) is 0 Å². The number of imidazole rings is 1. The summed E-state index contributed by atoms with van der Waals surface area (Å²) in [6, 6.07) is 0.975. The van der Waals surface area contributed by atoms with Gasteiger partial charge in [-0.1, -0.05) is 32.6 Å². The molecule has 0 saturated heterocycles. The highest BCUT2D eigenvalue weighted by atomic mass is 15.2. The van der Waals surface area contributed by atoms with Crippen molar-refractivity contribution >= 4 is 0 Å². The van der Waals surface area contributed by atoms with Crippen LogP contribution in [-0.4, -0.2) is 34.1 Å². The topological polar surface area (TPSA) is 47.1 Å². The lowest BCUT2D eigenvalue weighted by Crippen LogP contribution is -2.39. The van der Waals surface area contributed by atoms with Crippen LogP contribution in [0.2, 0.25) is 0 Å². The minimum absolute atomic E-state index is 0.298. The van der Waals surface area contributed by atoms with Crippen LogP contribution in [0.15, 0.2) is 12.5 Å². The Hall–Kier alpha value is -0.870. The van der Waals surface area contributed by atoms with Crippen molar-refractivity contribution in [1.29, 1.82) is 0 Å². The number of hydrogen-bond donors (Lipinski definition) is 1. The summed E-state index contributed by atoms with van der Waals surface area (Å²) in [6.45, 7) is 3.91. The molecule has 0 spiro atoms. The van der Waals surface area contributed by atoms with Gasteiger partial charge in [0.2, 0.25) is 0 Å². The molecule has 1 atom stereocenters. The normalized spacial score (nSPS) is 19.2. The average Bonchev–Trinajstić information content (AvgIpc) is 2.75. The summed E-state index contributed by atoms with van der Waals surface area (Å²) in [5.41, 5.74) is 7.37. The molecule has 1 aromatic heterocycles. The lowest BCUT2D eigenvalue weighted by atomic mass is 10.0. The molecule has 1 unspecified atom stereocenters. The molecular weight excluding hydrogens is 248 g/mol. The second-order valence-electron chi connectivity index (χ2n) is 6.07. The Balaban J connectivity index is 2.11. The van der Waals surface area contributed by atoms with Gasteiger partial charge in [-0.2, -0.15) is 0 Å². The van der Waals surface area contributed by atoms with Gasteiger partial charge in [0.15, 0.2) is 0 Å². The molecule has 1 fully saturated rings. The van der Waals surface area contributed by atoms with Crippen molar-refractivity contribution in [2.24, 2.45) is 5.73 Å². The smallest absolute Gasteiger partial charge is 0.0948 e. The summed E-state index contributed by atoms with van der Waals surface area (Å²) in [7, 11) is 2.25. The van der Waals surface area contributed by atoms with Gasteiger partial charge in [-0.3, -0.25) is 4.90 Å². The van der Waals surface area contributed by atoms with Crippen molar-refractivity contribution in [2.45, 2.75) is 70.5 Å². The minimum Gasteiger partial charge on any atom is -0.333 e. The fraction of sp³-hybridized carbons (Fsp3) is 0.812. The number of likely N-dealkylation sites (N-methyl/N-ethyl adjacent to an activating group) is 1. The largest absolute Gasteiger partial charge is 0.333 e. The lowest BCUT2D eigenvalue weighted by molar-refractivity contribution is 0.155. The first-order valence-electron chi connectivity index (χ1n) is 8.20. The summed E-state index contributed by atoms with van der Waals surface area (Å²) in [6.07, 6.45) is 13.2. The number of nitrogens with zero attached hydrogens (tertiary/aromatic N) is 3. The molecule has 1 heterocycles. The second-order valence-corrected chi connectivity index (χ2v) is 6.07. The molecular formula is C16H30N4. The Bertz CT molecular complexity index is 380. The van der Waals surface area contributed by atoms with Crippen LogP contribution in [0.5, 0.6) is 0 Å². The Morgan fingerprint density at radius 1 is 1.35 bits per heavy atom. The summed E-state index contributed by atoms with van der Waals surface area (Å²) in [5, 5.41) is 0. The van der Waals surface area contributed by atoms with E-state index in [0.717, 1.165) is 13.0 Å². The maximum Gasteiger partial charge on any atom is 0.0948 e. The quantitative estimate of drug-likeness (QED) is 0.814. The van der Waals surface area contributed by atoms with E-state index in [4.69, 9.17) is 5.73 Å². The van der Waals surface area contributed by atoms with E-state index >= 15 is 0 Å². The standard InChI is InChI=1S/C16H30N4/c1-3-10-20-13-18-12-16(20)15(11-17)19(2)14-8-6-4-5-7-9-14/h12-15H,3-11,17H2,1-2H3. The van der Waals surface area contributed by atoms with Crippen LogP contribution in [0.25, 0.3) is 0 Å². The molecule has 0 bridgehead atoms. The van der Waals surface area contributed by atoms with Crippen LogP contribution in [0.1, 0.15) is 63.6 Å². The number of rotatable bonds is 6. The third kappa shape index (κ3) is 3.61. The Morgan fingerprint density at radius 2 is 2.05 bits per heavy atom. The molecule has 114 valence electrons. The first-order chi connectivity index (χ1) is 9.77. The van der Waals surface area contributed by atoms with Crippen molar-refractivity contribution in [1.82, 2.24) is 14.5 Å². The van der Waals surface area contributed by atoms with Crippen molar-refractivity contribution in [3.63, 3.8) is 0 Å². The zero-order chi connectivity index (χ0) is 14.4. The predicted molar refractivity (Wildman–Crippen MR) is 83.6 cm³/mol. The molecule has 1 aliphatic carbocycles. The monoisotopic (exact) mass is 278 g/mol. The molecule has 1 saturated carbocycles. The van der Waals surface area contributed by atoms with E-state index in [1.54, 1.807) is 0 Å². The van der Waals surface area contributed by atoms with Gasteiger partial charge >= 0.3 is 0 Å². The van der Waals surface area contributed by atoms with Gasteiger partial charge in [0.05, 0.1) is 18.1 Å². The van der Waals surface area contributed by atoms with Crippen molar-refractivity contribution in [3.05, 3.63) is 18.2 Å². The molecule has 2 rings (SSSR count). The van der Waals surface area contributed by atoms with Gasteiger partial charge in [-0.05, 0) is 26.3 Å². The van der Waals surface area contributed by atoms with Crippen LogP contribution >= 0.6 is 0 Å². The van der Waals surface area contributed by atoms with Crippen molar-refractivity contribution < 1.29 is 0 Å².